The Balaban J connectivity index is 1.45. The number of nitrogens with one attached hydrogen (secondary N) is 1. The van der Waals surface area contributed by atoms with Crippen LogP contribution in [0, 0.1) is 11.8 Å². The van der Waals surface area contributed by atoms with Crippen molar-refractivity contribution in [3.63, 3.8) is 0 Å². The highest BCUT2D eigenvalue weighted by molar-refractivity contribution is 5.89. The molecule has 0 aromatic carbocycles. The molecule has 26 heavy (non-hydrogen) atoms. The molecule has 1 N–H and O–H groups in total. The van der Waals surface area contributed by atoms with E-state index in [9.17, 15) is 9.59 Å². The molecule has 142 valence electrons. The maximum atomic E-state index is 12.5. The molecule has 0 unspecified atom stereocenters. The van der Waals surface area contributed by atoms with Crippen LogP contribution < -0.4 is 5.32 Å². The van der Waals surface area contributed by atoms with E-state index < -0.39 is 0 Å². The van der Waals surface area contributed by atoms with Crippen molar-refractivity contribution in [2.75, 3.05) is 26.2 Å². The van der Waals surface area contributed by atoms with Gasteiger partial charge in [0.05, 0.1) is 18.2 Å². The van der Waals surface area contributed by atoms with Gasteiger partial charge in [0, 0.05) is 38.3 Å². The minimum absolute atomic E-state index is 0.00113. The fraction of sp³-hybridized carbons (Fsp3) is 0.650. The number of carbonyl (C=O) groups is 2. The standard InChI is InChI=1S/C20H30N4O2/c1-15-6-5-9-23(12-15)16(2)11-22-20(26)17-10-19(25)24(13-17)14-18-7-3-4-8-21-18/h3-4,7-8,15-17H,5-6,9-14H2,1-2H3,(H,22,26)/t15-,16+,17+/m1/s1. The van der Waals surface area contributed by atoms with Crippen LogP contribution in [0.2, 0.25) is 0 Å². The van der Waals surface area contributed by atoms with Gasteiger partial charge in [-0.05, 0) is 44.4 Å². The third-order valence-corrected chi connectivity index (χ3v) is 5.55. The number of hydrogen-bond acceptors (Lipinski definition) is 4. The van der Waals surface area contributed by atoms with Crippen molar-refractivity contribution < 1.29 is 9.59 Å². The first kappa shape index (κ1) is 18.8. The van der Waals surface area contributed by atoms with Crippen LogP contribution in [0.1, 0.15) is 38.8 Å². The molecule has 2 fully saturated rings. The zero-order valence-corrected chi connectivity index (χ0v) is 15.9. The second kappa shape index (κ2) is 8.62. The van der Waals surface area contributed by atoms with Gasteiger partial charge in [-0.25, -0.2) is 0 Å². The van der Waals surface area contributed by atoms with Crippen molar-refractivity contribution >= 4 is 11.8 Å². The summed E-state index contributed by atoms with van der Waals surface area (Å²) < 4.78 is 0. The highest BCUT2D eigenvalue weighted by Gasteiger charge is 2.34. The summed E-state index contributed by atoms with van der Waals surface area (Å²) in [5.41, 5.74) is 0.856. The molecule has 0 radical (unpaired) electrons. The molecule has 2 amide bonds. The zero-order valence-electron chi connectivity index (χ0n) is 15.9. The van der Waals surface area contributed by atoms with E-state index in [-0.39, 0.29) is 17.7 Å². The van der Waals surface area contributed by atoms with E-state index in [1.54, 1.807) is 11.1 Å². The maximum Gasteiger partial charge on any atom is 0.225 e. The first-order chi connectivity index (χ1) is 12.5. The minimum Gasteiger partial charge on any atom is -0.354 e. The molecule has 3 heterocycles. The molecule has 0 bridgehead atoms. The summed E-state index contributed by atoms with van der Waals surface area (Å²) in [6.07, 6.45) is 4.56. The van der Waals surface area contributed by atoms with Gasteiger partial charge in [0.1, 0.15) is 0 Å². The van der Waals surface area contributed by atoms with Crippen LogP contribution in [0.15, 0.2) is 24.4 Å². The van der Waals surface area contributed by atoms with Crippen LogP contribution in [0.5, 0.6) is 0 Å². The highest BCUT2D eigenvalue weighted by atomic mass is 16.2. The molecule has 6 nitrogen and oxygen atoms in total. The fourth-order valence-electron chi connectivity index (χ4n) is 3.94. The normalized spacial score (nSPS) is 25.3. The molecule has 0 spiro atoms. The lowest BCUT2D eigenvalue weighted by Gasteiger charge is -2.35. The van der Waals surface area contributed by atoms with Crippen LogP contribution in [0.4, 0.5) is 0 Å². The molecule has 2 aliphatic rings. The molecule has 3 rings (SSSR count). The molecular formula is C20H30N4O2. The number of carbonyl (C=O) groups excluding carboxylic acids is 2. The summed E-state index contributed by atoms with van der Waals surface area (Å²) in [5, 5.41) is 3.07. The van der Waals surface area contributed by atoms with E-state index >= 15 is 0 Å². The molecule has 1 aromatic heterocycles. The summed E-state index contributed by atoms with van der Waals surface area (Å²) in [7, 11) is 0. The Hall–Kier alpha value is -1.95. The lowest BCUT2D eigenvalue weighted by molar-refractivity contribution is -0.129. The topological polar surface area (TPSA) is 65.5 Å². The fourth-order valence-corrected chi connectivity index (χ4v) is 3.94. The molecule has 2 saturated heterocycles. The second-order valence-corrected chi connectivity index (χ2v) is 7.83. The Bertz CT molecular complexity index is 621. The van der Waals surface area contributed by atoms with Crippen LogP contribution in [0.25, 0.3) is 0 Å². The monoisotopic (exact) mass is 358 g/mol. The van der Waals surface area contributed by atoms with Crippen molar-refractivity contribution in [1.82, 2.24) is 20.1 Å². The van der Waals surface area contributed by atoms with Gasteiger partial charge in [0.2, 0.25) is 11.8 Å². The van der Waals surface area contributed by atoms with Gasteiger partial charge in [-0.2, -0.15) is 0 Å². The quantitative estimate of drug-likeness (QED) is 0.840. The zero-order chi connectivity index (χ0) is 18.5. The van der Waals surface area contributed by atoms with Crippen molar-refractivity contribution in [2.24, 2.45) is 11.8 Å². The average molecular weight is 358 g/mol. The Labute approximate surface area is 156 Å². The van der Waals surface area contributed by atoms with Gasteiger partial charge in [0.25, 0.3) is 0 Å². The third kappa shape index (κ3) is 4.81. The van der Waals surface area contributed by atoms with E-state index in [2.05, 4.69) is 29.0 Å². The van der Waals surface area contributed by atoms with E-state index in [0.29, 0.717) is 32.1 Å². The van der Waals surface area contributed by atoms with Gasteiger partial charge >= 0.3 is 0 Å². The molecule has 1 aromatic rings. The summed E-state index contributed by atoms with van der Waals surface area (Å²) in [6.45, 7) is 8.29. The van der Waals surface area contributed by atoms with Gasteiger partial charge in [-0.1, -0.05) is 13.0 Å². The van der Waals surface area contributed by atoms with Gasteiger partial charge in [0.15, 0.2) is 0 Å². The molecule has 2 aliphatic heterocycles. The van der Waals surface area contributed by atoms with Crippen LogP contribution >= 0.6 is 0 Å². The van der Waals surface area contributed by atoms with E-state index in [1.807, 2.05) is 18.2 Å². The average Bonchev–Trinajstić information content (AvgIpc) is 3.01. The number of aromatic nitrogens is 1. The SMILES string of the molecule is C[C@@H]1CCCN([C@@H](C)CNC(=O)[C@H]2CC(=O)N(Cc3ccccn3)C2)C1. The molecule has 0 saturated carbocycles. The van der Waals surface area contributed by atoms with E-state index in [1.165, 1.54) is 12.8 Å². The first-order valence-corrected chi connectivity index (χ1v) is 9.72. The van der Waals surface area contributed by atoms with Crippen molar-refractivity contribution in [3.8, 4) is 0 Å². The number of amides is 2. The first-order valence-electron chi connectivity index (χ1n) is 9.72. The second-order valence-electron chi connectivity index (χ2n) is 7.83. The Morgan fingerprint density at radius 2 is 2.23 bits per heavy atom. The summed E-state index contributed by atoms with van der Waals surface area (Å²) in [6, 6.07) is 6.01. The van der Waals surface area contributed by atoms with Gasteiger partial charge in [-0.15, -0.1) is 0 Å². The Morgan fingerprint density at radius 1 is 1.38 bits per heavy atom. The molecule has 3 atom stereocenters. The summed E-state index contributed by atoms with van der Waals surface area (Å²) in [5.74, 6) is 0.515. The molecule has 6 heteroatoms. The molecule has 0 aliphatic carbocycles. The van der Waals surface area contributed by atoms with Crippen molar-refractivity contribution in [1.29, 1.82) is 0 Å². The number of hydrogen-bond donors (Lipinski definition) is 1. The number of pyridine rings is 1. The third-order valence-electron chi connectivity index (χ3n) is 5.55. The van der Waals surface area contributed by atoms with Crippen LogP contribution in [-0.4, -0.2) is 58.8 Å². The van der Waals surface area contributed by atoms with Crippen LogP contribution in [-0.2, 0) is 16.1 Å². The number of piperidine rings is 1. The van der Waals surface area contributed by atoms with Crippen molar-refractivity contribution in [2.45, 2.75) is 45.7 Å². The van der Waals surface area contributed by atoms with E-state index in [0.717, 1.165) is 24.7 Å². The Kier molecular flexibility index (Phi) is 6.25. The van der Waals surface area contributed by atoms with Crippen molar-refractivity contribution in [3.05, 3.63) is 30.1 Å². The van der Waals surface area contributed by atoms with Gasteiger partial charge in [-0.3, -0.25) is 19.5 Å². The largest absolute Gasteiger partial charge is 0.354 e. The lowest BCUT2D eigenvalue weighted by atomic mass is 9.99. The number of nitrogens with zero attached hydrogens (tertiary/aromatic N) is 3. The smallest absolute Gasteiger partial charge is 0.225 e. The lowest BCUT2D eigenvalue weighted by Crippen LogP contribution is -2.47. The van der Waals surface area contributed by atoms with E-state index in [4.69, 9.17) is 0 Å². The molecular weight excluding hydrogens is 328 g/mol. The Morgan fingerprint density at radius 3 is 2.96 bits per heavy atom. The number of likely N-dealkylation sites (tertiary alicyclic amines) is 2. The summed E-state index contributed by atoms with van der Waals surface area (Å²) >= 11 is 0. The van der Waals surface area contributed by atoms with Crippen LogP contribution in [0.3, 0.4) is 0 Å². The maximum absolute atomic E-state index is 12.5. The summed E-state index contributed by atoms with van der Waals surface area (Å²) in [4.78, 5) is 33.2. The minimum atomic E-state index is -0.251. The number of rotatable bonds is 6. The van der Waals surface area contributed by atoms with Gasteiger partial charge < -0.3 is 10.2 Å². The highest BCUT2D eigenvalue weighted by Crippen LogP contribution is 2.20. The predicted molar refractivity (Wildman–Crippen MR) is 100 cm³/mol. The predicted octanol–water partition coefficient (Wildman–Crippen LogP) is 1.67.